The van der Waals surface area contributed by atoms with Crippen LogP contribution >= 0.6 is 0 Å². The molecule has 0 radical (unpaired) electrons. The molecule has 2 aromatic rings. The molecule has 0 fully saturated rings. The summed E-state index contributed by atoms with van der Waals surface area (Å²) in [5, 5.41) is 1.15. The van der Waals surface area contributed by atoms with E-state index in [1.807, 2.05) is 18.5 Å². The molecule has 0 unspecified atom stereocenters. The second kappa shape index (κ2) is 4.41. The Morgan fingerprint density at radius 2 is 2.28 bits per heavy atom. The van der Waals surface area contributed by atoms with Crippen LogP contribution in [-0.4, -0.2) is 23.8 Å². The van der Waals surface area contributed by atoms with E-state index in [2.05, 4.69) is 36.0 Å². The van der Waals surface area contributed by atoms with Gasteiger partial charge in [0.2, 0.25) is 0 Å². The van der Waals surface area contributed by atoms with E-state index in [-0.39, 0.29) is 6.10 Å². The van der Waals surface area contributed by atoms with Gasteiger partial charge in [0.1, 0.15) is 11.9 Å². The first-order valence-corrected chi connectivity index (χ1v) is 6.34. The van der Waals surface area contributed by atoms with E-state index in [0.717, 1.165) is 35.2 Å². The Bertz CT molecular complexity index is 619. The Kier molecular flexibility index (Phi) is 2.74. The van der Waals surface area contributed by atoms with Crippen LogP contribution in [-0.2, 0) is 0 Å². The molecule has 3 nitrogen and oxygen atoms in total. The van der Waals surface area contributed by atoms with Gasteiger partial charge in [-0.1, -0.05) is 6.92 Å². The molecule has 3 heteroatoms. The molecule has 0 aliphatic carbocycles. The molecule has 1 atom stereocenters. The van der Waals surface area contributed by atoms with Crippen LogP contribution in [0.25, 0.3) is 10.9 Å². The quantitative estimate of drug-likeness (QED) is 0.767. The molecule has 0 bridgehead atoms. The minimum Gasteiger partial charge on any atom is -0.488 e. The lowest BCUT2D eigenvalue weighted by Gasteiger charge is -2.15. The summed E-state index contributed by atoms with van der Waals surface area (Å²) in [6, 6.07) is 6.17. The first kappa shape index (κ1) is 11.2. The van der Waals surface area contributed by atoms with Gasteiger partial charge < -0.3 is 4.74 Å². The van der Waals surface area contributed by atoms with Crippen molar-refractivity contribution in [3.8, 4) is 5.75 Å². The van der Waals surface area contributed by atoms with E-state index < -0.39 is 0 Å². The summed E-state index contributed by atoms with van der Waals surface area (Å²) in [5.41, 5.74) is 3.25. The SMILES string of the molecule is CC[C@@H]1CN=Cc2cc3nccc(C)c3cc2O1. The average molecular weight is 240 g/mol. The highest BCUT2D eigenvalue weighted by molar-refractivity contribution is 5.93. The van der Waals surface area contributed by atoms with Crippen molar-refractivity contribution < 1.29 is 4.74 Å². The first-order chi connectivity index (χ1) is 8.78. The van der Waals surface area contributed by atoms with E-state index in [0.29, 0.717) is 0 Å². The number of benzene rings is 1. The maximum Gasteiger partial charge on any atom is 0.129 e. The van der Waals surface area contributed by atoms with Gasteiger partial charge in [0, 0.05) is 23.4 Å². The third-order valence-electron chi connectivity index (χ3n) is 3.38. The number of pyridine rings is 1. The number of hydrogen-bond donors (Lipinski definition) is 0. The number of aryl methyl sites for hydroxylation is 1. The zero-order valence-electron chi connectivity index (χ0n) is 10.7. The van der Waals surface area contributed by atoms with Gasteiger partial charge in [-0.25, -0.2) is 0 Å². The number of aliphatic imine (C=N–C) groups is 1. The van der Waals surface area contributed by atoms with Crippen molar-refractivity contribution in [3.63, 3.8) is 0 Å². The molecule has 92 valence electrons. The number of aromatic nitrogens is 1. The fourth-order valence-electron chi connectivity index (χ4n) is 2.23. The lowest BCUT2D eigenvalue weighted by molar-refractivity contribution is 0.208. The molecular formula is C15H16N2O. The highest BCUT2D eigenvalue weighted by Crippen LogP contribution is 2.28. The van der Waals surface area contributed by atoms with Crippen LogP contribution in [0.1, 0.15) is 24.5 Å². The van der Waals surface area contributed by atoms with Crippen molar-refractivity contribution in [1.29, 1.82) is 0 Å². The summed E-state index contributed by atoms with van der Waals surface area (Å²) in [7, 11) is 0. The molecule has 2 heterocycles. The summed E-state index contributed by atoms with van der Waals surface area (Å²) in [5.74, 6) is 0.923. The van der Waals surface area contributed by atoms with Crippen molar-refractivity contribution >= 4 is 17.1 Å². The molecule has 18 heavy (non-hydrogen) atoms. The number of hydrogen-bond acceptors (Lipinski definition) is 3. The molecule has 1 aliphatic heterocycles. The molecule has 1 aromatic carbocycles. The molecule has 3 rings (SSSR count). The van der Waals surface area contributed by atoms with Crippen LogP contribution in [0.3, 0.4) is 0 Å². The third kappa shape index (κ3) is 1.86. The Balaban J connectivity index is 2.18. The van der Waals surface area contributed by atoms with E-state index >= 15 is 0 Å². The molecule has 1 aliphatic rings. The van der Waals surface area contributed by atoms with Crippen LogP contribution in [0.15, 0.2) is 29.4 Å². The lowest BCUT2D eigenvalue weighted by atomic mass is 10.1. The monoisotopic (exact) mass is 240 g/mol. The Hall–Kier alpha value is -1.90. The number of ether oxygens (including phenoxy) is 1. The highest BCUT2D eigenvalue weighted by Gasteiger charge is 2.15. The van der Waals surface area contributed by atoms with Crippen LogP contribution in [0, 0.1) is 6.92 Å². The smallest absolute Gasteiger partial charge is 0.129 e. The van der Waals surface area contributed by atoms with Gasteiger partial charge in [0.25, 0.3) is 0 Å². The van der Waals surface area contributed by atoms with E-state index in [9.17, 15) is 0 Å². The highest BCUT2D eigenvalue weighted by atomic mass is 16.5. The Labute approximate surface area is 107 Å². The van der Waals surface area contributed by atoms with E-state index in [4.69, 9.17) is 4.74 Å². The van der Waals surface area contributed by atoms with Crippen LogP contribution in [0.5, 0.6) is 5.75 Å². The normalized spacial score (nSPS) is 18.2. The number of fused-ring (bicyclic) bond motifs is 2. The van der Waals surface area contributed by atoms with Crippen molar-refractivity contribution in [2.45, 2.75) is 26.4 Å². The number of rotatable bonds is 1. The molecular weight excluding hydrogens is 224 g/mol. The minimum absolute atomic E-state index is 0.178. The van der Waals surface area contributed by atoms with Gasteiger partial charge in [0.15, 0.2) is 0 Å². The second-order valence-electron chi connectivity index (χ2n) is 4.68. The number of nitrogens with zero attached hydrogens (tertiary/aromatic N) is 2. The summed E-state index contributed by atoms with van der Waals surface area (Å²) >= 11 is 0. The topological polar surface area (TPSA) is 34.5 Å². The van der Waals surface area contributed by atoms with Crippen LogP contribution < -0.4 is 4.74 Å². The zero-order valence-corrected chi connectivity index (χ0v) is 10.7. The molecule has 0 amide bonds. The summed E-state index contributed by atoms with van der Waals surface area (Å²) in [6.07, 6.45) is 4.89. The molecule has 0 saturated carbocycles. The minimum atomic E-state index is 0.178. The van der Waals surface area contributed by atoms with Gasteiger partial charge in [-0.05, 0) is 37.1 Å². The second-order valence-corrected chi connectivity index (χ2v) is 4.68. The van der Waals surface area contributed by atoms with Crippen molar-refractivity contribution in [2.75, 3.05) is 6.54 Å². The predicted molar refractivity (Wildman–Crippen MR) is 73.6 cm³/mol. The maximum absolute atomic E-state index is 6.02. The largest absolute Gasteiger partial charge is 0.488 e. The maximum atomic E-state index is 6.02. The van der Waals surface area contributed by atoms with Crippen LogP contribution in [0.2, 0.25) is 0 Å². The Morgan fingerprint density at radius 1 is 1.39 bits per heavy atom. The third-order valence-corrected chi connectivity index (χ3v) is 3.38. The van der Waals surface area contributed by atoms with Crippen LogP contribution in [0.4, 0.5) is 0 Å². The summed E-state index contributed by atoms with van der Waals surface area (Å²) < 4.78 is 6.02. The summed E-state index contributed by atoms with van der Waals surface area (Å²) in [6.45, 7) is 4.95. The molecule has 1 aromatic heterocycles. The molecule has 0 spiro atoms. The van der Waals surface area contributed by atoms with Gasteiger partial charge in [-0.2, -0.15) is 0 Å². The standard InChI is InChI=1S/C15H16N2O/c1-3-12-9-16-8-11-6-14-13(7-15(11)18-12)10(2)4-5-17-14/h4-8,12H,3,9H2,1-2H3/t12-/m1/s1. The fraction of sp³-hybridized carbons (Fsp3) is 0.333. The van der Waals surface area contributed by atoms with Gasteiger partial charge in [0.05, 0.1) is 12.1 Å². The summed E-state index contributed by atoms with van der Waals surface area (Å²) in [4.78, 5) is 8.82. The molecule has 0 N–H and O–H groups in total. The van der Waals surface area contributed by atoms with Crippen molar-refractivity contribution in [1.82, 2.24) is 4.98 Å². The average Bonchev–Trinajstić information content (AvgIpc) is 2.58. The Morgan fingerprint density at radius 3 is 3.11 bits per heavy atom. The first-order valence-electron chi connectivity index (χ1n) is 6.34. The molecule has 0 saturated heterocycles. The van der Waals surface area contributed by atoms with Crippen molar-refractivity contribution in [2.24, 2.45) is 4.99 Å². The lowest BCUT2D eigenvalue weighted by Crippen LogP contribution is -2.17. The zero-order chi connectivity index (χ0) is 12.5. The fourth-order valence-corrected chi connectivity index (χ4v) is 2.23. The predicted octanol–water partition coefficient (Wildman–Crippen LogP) is 3.13. The van der Waals surface area contributed by atoms with Gasteiger partial charge >= 0.3 is 0 Å². The van der Waals surface area contributed by atoms with E-state index in [1.165, 1.54) is 5.56 Å². The van der Waals surface area contributed by atoms with Gasteiger partial charge in [-0.15, -0.1) is 0 Å². The van der Waals surface area contributed by atoms with Crippen molar-refractivity contribution in [3.05, 3.63) is 35.5 Å². The van der Waals surface area contributed by atoms with E-state index in [1.54, 1.807) is 0 Å². The van der Waals surface area contributed by atoms with Gasteiger partial charge in [-0.3, -0.25) is 9.98 Å².